The first kappa shape index (κ1) is 23.8. The Morgan fingerprint density at radius 1 is 1.03 bits per heavy atom. The second-order valence-corrected chi connectivity index (χ2v) is 10.0. The van der Waals surface area contributed by atoms with Crippen LogP contribution >= 0.6 is 12.4 Å². The fraction of sp³-hybridized carbons (Fsp3) is 0.444. The van der Waals surface area contributed by atoms with Gasteiger partial charge in [-0.2, -0.15) is 0 Å². The number of aryl methyl sites for hydroxylation is 1. The molecule has 0 saturated heterocycles. The summed E-state index contributed by atoms with van der Waals surface area (Å²) in [5.41, 5.74) is 1.62. The van der Waals surface area contributed by atoms with Gasteiger partial charge in [0.05, 0.1) is 18.4 Å². The number of nitrogens with one attached hydrogen (secondary N) is 2. The topological polar surface area (TPSA) is 97.6 Å². The molecule has 2 N–H and O–H groups in total. The highest BCUT2D eigenvalue weighted by atomic mass is 35.5. The molecule has 7 nitrogen and oxygen atoms in total. The van der Waals surface area contributed by atoms with Gasteiger partial charge in [-0.25, -0.2) is 8.42 Å². The predicted octanol–water partition coefficient (Wildman–Crippen LogP) is 5.96. The first-order valence-corrected chi connectivity index (χ1v) is 13.7. The molecule has 0 bridgehead atoms. The summed E-state index contributed by atoms with van der Waals surface area (Å²) in [5, 5.41) is 2.93. The van der Waals surface area contributed by atoms with E-state index in [0.29, 0.717) is 52.1 Å². The molecule has 1 aromatic heterocycles. The van der Waals surface area contributed by atoms with Crippen LogP contribution in [0.25, 0.3) is 11.0 Å². The molecule has 0 unspecified atom stereocenters. The maximum atomic E-state index is 13.6. The Labute approximate surface area is 226 Å². The quantitative estimate of drug-likeness (QED) is 0.231. The second-order valence-electron chi connectivity index (χ2n) is 8.27. The number of benzene rings is 2. The molecule has 0 atom stereocenters. The highest BCUT2D eigenvalue weighted by Crippen LogP contribution is 2.32. The van der Waals surface area contributed by atoms with Crippen molar-refractivity contribution in [3.63, 3.8) is 0 Å². The maximum Gasteiger partial charge on any atom is 0.229 e. The van der Waals surface area contributed by atoms with E-state index in [1.807, 2.05) is 13.8 Å². The first-order valence-electron chi connectivity index (χ1n) is 13.8. The van der Waals surface area contributed by atoms with Crippen molar-refractivity contribution in [2.45, 2.75) is 52.4 Å². The number of hydrogen-bond acceptors (Lipinski definition) is 6. The zero-order valence-electron chi connectivity index (χ0n) is 24.8. The number of ether oxygens (including phenoxy) is 1. The third-order valence-corrected chi connectivity index (χ3v) is 5.82. The Morgan fingerprint density at radius 3 is 2.39 bits per heavy atom. The van der Waals surface area contributed by atoms with E-state index in [2.05, 4.69) is 10.0 Å². The minimum absolute atomic E-state index is 0. The molecule has 0 amide bonds. The van der Waals surface area contributed by atoms with Gasteiger partial charge in [0.15, 0.2) is 5.78 Å². The highest BCUT2D eigenvalue weighted by Gasteiger charge is 2.22. The van der Waals surface area contributed by atoms with Crippen LogP contribution in [-0.2, 0) is 16.4 Å². The van der Waals surface area contributed by atoms with Gasteiger partial charge in [-0.3, -0.25) is 9.52 Å². The Bertz CT molecular complexity index is 1400. The van der Waals surface area contributed by atoms with Crippen molar-refractivity contribution in [1.29, 1.82) is 0 Å². The molecule has 0 fully saturated rings. The van der Waals surface area contributed by atoms with Crippen molar-refractivity contribution in [2.75, 3.05) is 30.6 Å². The monoisotopic (exact) mass is 540 g/mol. The number of unbranched alkanes of at least 4 members (excludes halogenated alkanes) is 1. The number of carbonyl (C=O) groups excluding carboxylic acids is 1. The van der Waals surface area contributed by atoms with Gasteiger partial charge < -0.3 is 14.5 Å². The van der Waals surface area contributed by atoms with E-state index in [0.717, 1.165) is 19.1 Å². The summed E-state index contributed by atoms with van der Waals surface area (Å²) < 4.78 is 69.3. The largest absolute Gasteiger partial charge is 0.494 e. The van der Waals surface area contributed by atoms with Crippen LogP contribution in [0.2, 0.25) is 0 Å². The normalized spacial score (nSPS) is 13.8. The Balaban J connectivity index is 0.00000560. The van der Waals surface area contributed by atoms with Crippen molar-refractivity contribution in [3.05, 3.63) is 59.4 Å². The molecule has 9 heteroatoms. The van der Waals surface area contributed by atoms with Crippen LogP contribution in [0.3, 0.4) is 0 Å². The van der Waals surface area contributed by atoms with Crippen molar-refractivity contribution in [2.24, 2.45) is 0 Å². The molecular weight excluding hydrogens is 500 g/mol. The van der Waals surface area contributed by atoms with E-state index < -0.39 is 23.0 Å². The van der Waals surface area contributed by atoms with Crippen LogP contribution in [0, 0.1) is 0 Å². The molecule has 0 saturated carbocycles. The third kappa shape index (κ3) is 8.54. The van der Waals surface area contributed by atoms with Gasteiger partial charge in [0, 0.05) is 28.5 Å². The number of carbonyl (C=O) groups is 1. The molecule has 198 valence electrons. The minimum atomic E-state index is -3.50. The Kier molecular flexibility index (Phi) is 9.43. The van der Waals surface area contributed by atoms with Crippen LogP contribution in [0.15, 0.2) is 46.9 Å². The summed E-state index contributed by atoms with van der Waals surface area (Å²) >= 11 is 0. The van der Waals surface area contributed by atoms with Crippen LogP contribution in [0.1, 0.15) is 73.1 Å². The zero-order valence-corrected chi connectivity index (χ0v) is 22.5. The van der Waals surface area contributed by atoms with Gasteiger partial charge in [-0.15, -0.1) is 12.4 Å². The van der Waals surface area contributed by atoms with E-state index in [4.69, 9.17) is 14.6 Å². The lowest BCUT2D eigenvalue weighted by atomic mass is 9.98. The average molecular weight is 541 g/mol. The Morgan fingerprint density at radius 2 is 1.72 bits per heavy atom. The number of rotatable bonds is 15. The van der Waals surface area contributed by atoms with Gasteiger partial charge >= 0.3 is 0 Å². The molecule has 3 aromatic rings. The number of anilines is 1. The van der Waals surface area contributed by atoms with Crippen LogP contribution in [0.4, 0.5) is 5.69 Å². The van der Waals surface area contributed by atoms with Crippen molar-refractivity contribution < 1.29 is 27.8 Å². The number of sulfonamides is 1. The number of fused-ring (bicyclic) bond motifs is 1. The van der Waals surface area contributed by atoms with Gasteiger partial charge in [-0.1, -0.05) is 26.7 Å². The van der Waals surface area contributed by atoms with Crippen LogP contribution in [-0.4, -0.2) is 40.1 Å². The average Bonchev–Trinajstić information content (AvgIpc) is 3.18. The minimum Gasteiger partial charge on any atom is -0.494 e. The Hall–Kier alpha value is -2.55. The smallest absolute Gasteiger partial charge is 0.229 e. The van der Waals surface area contributed by atoms with Crippen LogP contribution < -0.4 is 14.8 Å². The van der Waals surface area contributed by atoms with Gasteiger partial charge in [0.2, 0.25) is 10.0 Å². The van der Waals surface area contributed by atoms with E-state index in [1.54, 1.807) is 42.5 Å². The molecule has 2 aromatic carbocycles. The van der Waals surface area contributed by atoms with E-state index in [1.165, 1.54) is 0 Å². The molecule has 0 aliphatic heterocycles. The lowest BCUT2D eigenvalue weighted by Crippen LogP contribution is -2.18. The number of halogens is 1. The van der Waals surface area contributed by atoms with Crippen LogP contribution in [0.5, 0.6) is 5.75 Å². The summed E-state index contributed by atoms with van der Waals surface area (Å²) in [6, 6.07) is 11.3. The van der Waals surface area contributed by atoms with Gasteiger partial charge in [0.1, 0.15) is 17.1 Å². The fourth-order valence-corrected chi connectivity index (χ4v) is 4.12. The third-order valence-electron chi connectivity index (χ3n) is 5.21. The fourth-order valence-electron chi connectivity index (χ4n) is 3.57. The van der Waals surface area contributed by atoms with Gasteiger partial charge in [0.25, 0.3) is 0 Å². The lowest BCUT2D eigenvalue weighted by molar-refractivity contribution is 0.103. The van der Waals surface area contributed by atoms with Crippen molar-refractivity contribution >= 4 is 44.9 Å². The lowest BCUT2D eigenvalue weighted by Gasteiger charge is -2.08. The highest BCUT2D eigenvalue weighted by molar-refractivity contribution is 7.92. The SMILES string of the molecule is Cl.[2H]C([2H])(CCC)NC([2H])([2H])CCOc1ccc(C(=O)c2c(CCCC)oc3ccc(NS(C)(=O)=O)cc23)cc1. The molecule has 36 heavy (non-hydrogen) atoms. The second kappa shape index (κ2) is 14.3. The summed E-state index contributed by atoms with van der Waals surface area (Å²) in [5.74, 6) is 0.731. The molecule has 3 rings (SSSR count). The van der Waals surface area contributed by atoms with E-state index in [-0.39, 0.29) is 37.6 Å². The number of hydrogen-bond donors (Lipinski definition) is 2. The number of ketones is 1. The standard InChI is InChI=1S/C27H36N2O5S.ClH/c1-4-6-9-25-26(23-19-21(29-35(3,31)32)12-15-24(23)34-25)27(30)20-10-13-22(14-11-20)33-18-8-17-28-16-7-5-2;/h10-15,19,28-29H,4-9,16-18H2,1-3H3;1H/i16D2,17D2;. The molecule has 0 radical (unpaired) electrons. The predicted molar refractivity (Wildman–Crippen MR) is 148 cm³/mol. The number of furan rings is 1. The summed E-state index contributed by atoms with van der Waals surface area (Å²) in [4.78, 5) is 13.6. The molecule has 0 spiro atoms. The summed E-state index contributed by atoms with van der Waals surface area (Å²) in [7, 11) is -3.50. The molecule has 0 aliphatic carbocycles. The van der Waals surface area contributed by atoms with E-state index in [9.17, 15) is 13.2 Å². The molecular formula is C27H37ClN2O5S. The van der Waals surface area contributed by atoms with Crippen molar-refractivity contribution in [3.8, 4) is 5.75 Å². The molecule has 0 aliphatic rings. The molecule has 1 heterocycles. The first-order chi connectivity index (χ1) is 18.2. The maximum absolute atomic E-state index is 13.6. The van der Waals surface area contributed by atoms with Crippen molar-refractivity contribution in [1.82, 2.24) is 5.32 Å². The van der Waals surface area contributed by atoms with Gasteiger partial charge in [-0.05, 0) is 74.7 Å². The summed E-state index contributed by atoms with van der Waals surface area (Å²) in [6.45, 7) is 0.131. The summed E-state index contributed by atoms with van der Waals surface area (Å²) in [6.07, 6.45) is 4.08. The van der Waals surface area contributed by atoms with E-state index >= 15 is 0 Å². The zero-order chi connectivity index (χ0) is 28.8.